The van der Waals surface area contributed by atoms with Gasteiger partial charge in [-0.15, -0.1) is 10.2 Å². The molecule has 0 saturated carbocycles. The van der Waals surface area contributed by atoms with Crippen LogP contribution in [-0.2, 0) is 7.05 Å². The molecule has 0 radical (unpaired) electrons. The first kappa shape index (κ1) is 16.3. The van der Waals surface area contributed by atoms with Gasteiger partial charge >= 0.3 is 0 Å². The number of methoxy groups -OCH3 is 2. The molecular formula is C15H17N5O3S. The summed E-state index contributed by atoms with van der Waals surface area (Å²) in [6, 6.07) is 5.48. The lowest BCUT2D eigenvalue weighted by molar-refractivity contribution is 0.355. The van der Waals surface area contributed by atoms with E-state index in [0.29, 0.717) is 23.2 Å². The van der Waals surface area contributed by atoms with Crippen molar-refractivity contribution >= 4 is 11.8 Å². The fourth-order valence-electron chi connectivity index (χ4n) is 2.08. The van der Waals surface area contributed by atoms with Crippen molar-refractivity contribution in [2.24, 2.45) is 7.05 Å². The molecule has 0 fully saturated rings. The summed E-state index contributed by atoms with van der Waals surface area (Å²) in [6.07, 6.45) is 1.65. The quantitative estimate of drug-likeness (QED) is 0.629. The topological polar surface area (TPSA) is 88.1 Å². The van der Waals surface area contributed by atoms with Crippen molar-refractivity contribution in [2.45, 2.75) is 17.3 Å². The molecule has 0 aliphatic carbocycles. The van der Waals surface area contributed by atoms with Crippen molar-refractivity contribution in [3.05, 3.63) is 30.4 Å². The van der Waals surface area contributed by atoms with Crippen LogP contribution in [0.2, 0.25) is 0 Å². The van der Waals surface area contributed by atoms with Crippen LogP contribution in [0.25, 0.3) is 11.4 Å². The van der Waals surface area contributed by atoms with Crippen molar-refractivity contribution in [1.82, 2.24) is 24.9 Å². The Balaban J connectivity index is 1.81. The van der Waals surface area contributed by atoms with Crippen molar-refractivity contribution in [2.75, 3.05) is 14.2 Å². The van der Waals surface area contributed by atoms with Gasteiger partial charge in [0, 0.05) is 12.6 Å². The van der Waals surface area contributed by atoms with Gasteiger partial charge in [-0.3, -0.25) is 0 Å². The van der Waals surface area contributed by atoms with Crippen LogP contribution in [0.4, 0.5) is 0 Å². The summed E-state index contributed by atoms with van der Waals surface area (Å²) in [7, 11) is 5.07. The zero-order valence-corrected chi connectivity index (χ0v) is 14.6. The van der Waals surface area contributed by atoms with Crippen LogP contribution in [-0.4, -0.2) is 39.1 Å². The third-order valence-corrected chi connectivity index (χ3v) is 4.52. The van der Waals surface area contributed by atoms with Gasteiger partial charge in [-0.25, -0.2) is 0 Å². The average molecular weight is 347 g/mol. The Bertz CT molecular complexity index is 832. The Kier molecular flexibility index (Phi) is 4.70. The molecule has 0 unspecified atom stereocenters. The van der Waals surface area contributed by atoms with Gasteiger partial charge < -0.3 is 18.6 Å². The SMILES string of the molecule is COc1ccc(-c2noc([C@@H](C)Sc3nncn3C)n2)cc1OC. The molecule has 9 heteroatoms. The molecule has 1 atom stereocenters. The lowest BCUT2D eigenvalue weighted by Gasteiger charge is -2.07. The van der Waals surface area contributed by atoms with E-state index in [2.05, 4.69) is 20.3 Å². The van der Waals surface area contributed by atoms with Crippen molar-refractivity contribution in [3.8, 4) is 22.9 Å². The minimum Gasteiger partial charge on any atom is -0.493 e. The molecule has 8 nitrogen and oxygen atoms in total. The molecule has 2 aromatic heterocycles. The summed E-state index contributed by atoms with van der Waals surface area (Å²) in [5, 5.41) is 12.7. The van der Waals surface area contributed by atoms with Crippen LogP contribution < -0.4 is 9.47 Å². The number of benzene rings is 1. The number of hydrogen-bond acceptors (Lipinski definition) is 8. The van der Waals surface area contributed by atoms with Crippen molar-refractivity contribution in [3.63, 3.8) is 0 Å². The molecule has 1 aromatic carbocycles. The molecule has 0 saturated heterocycles. The molecule has 0 spiro atoms. The zero-order chi connectivity index (χ0) is 17.1. The van der Waals surface area contributed by atoms with Gasteiger partial charge in [0.25, 0.3) is 0 Å². The molecule has 24 heavy (non-hydrogen) atoms. The van der Waals surface area contributed by atoms with Crippen LogP contribution >= 0.6 is 11.8 Å². The predicted octanol–water partition coefficient (Wildman–Crippen LogP) is 2.74. The van der Waals surface area contributed by atoms with Crippen LogP contribution in [0.15, 0.2) is 34.2 Å². The summed E-state index contributed by atoms with van der Waals surface area (Å²) < 4.78 is 17.8. The number of aromatic nitrogens is 5. The van der Waals surface area contributed by atoms with Gasteiger partial charge in [-0.05, 0) is 25.1 Å². The van der Waals surface area contributed by atoms with E-state index in [1.807, 2.05) is 36.7 Å². The van der Waals surface area contributed by atoms with Gasteiger partial charge in [0.05, 0.1) is 19.5 Å². The third kappa shape index (κ3) is 3.21. The van der Waals surface area contributed by atoms with Gasteiger partial charge in [0.1, 0.15) is 6.33 Å². The minimum absolute atomic E-state index is 0.0470. The average Bonchev–Trinajstić information content (AvgIpc) is 3.24. The second-order valence-corrected chi connectivity index (χ2v) is 6.32. The van der Waals surface area contributed by atoms with Gasteiger partial charge in [0.2, 0.25) is 11.7 Å². The molecular weight excluding hydrogens is 330 g/mol. The molecule has 0 aliphatic rings. The van der Waals surface area contributed by atoms with Crippen LogP contribution in [0.3, 0.4) is 0 Å². The highest BCUT2D eigenvalue weighted by atomic mass is 32.2. The lowest BCUT2D eigenvalue weighted by atomic mass is 10.2. The maximum atomic E-state index is 5.39. The van der Waals surface area contributed by atoms with Gasteiger partial charge in [-0.2, -0.15) is 4.98 Å². The summed E-state index contributed by atoms with van der Waals surface area (Å²) in [4.78, 5) is 4.47. The Morgan fingerprint density at radius 1 is 1.21 bits per heavy atom. The van der Waals surface area contributed by atoms with E-state index < -0.39 is 0 Å². The second kappa shape index (κ2) is 6.91. The van der Waals surface area contributed by atoms with E-state index in [1.165, 1.54) is 11.8 Å². The summed E-state index contributed by atoms with van der Waals surface area (Å²) in [5.41, 5.74) is 0.790. The highest BCUT2D eigenvalue weighted by molar-refractivity contribution is 7.99. The predicted molar refractivity (Wildman–Crippen MR) is 88.1 cm³/mol. The molecule has 0 bridgehead atoms. The van der Waals surface area contributed by atoms with E-state index in [-0.39, 0.29) is 5.25 Å². The molecule has 3 rings (SSSR count). The number of thioether (sulfide) groups is 1. The van der Waals surface area contributed by atoms with E-state index in [1.54, 1.807) is 20.5 Å². The maximum Gasteiger partial charge on any atom is 0.240 e. The molecule has 2 heterocycles. The fraction of sp³-hybridized carbons (Fsp3) is 0.333. The van der Waals surface area contributed by atoms with Crippen LogP contribution in [0.5, 0.6) is 11.5 Å². The van der Waals surface area contributed by atoms with E-state index in [0.717, 1.165) is 10.7 Å². The highest BCUT2D eigenvalue weighted by Gasteiger charge is 2.19. The highest BCUT2D eigenvalue weighted by Crippen LogP contribution is 2.35. The normalized spacial score (nSPS) is 12.2. The monoisotopic (exact) mass is 347 g/mol. The van der Waals surface area contributed by atoms with E-state index in [4.69, 9.17) is 14.0 Å². The summed E-state index contributed by atoms with van der Waals surface area (Å²) in [6.45, 7) is 1.98. The molecule has 126 valence electrons. The molecule has 0 aliphatic heterocycles. The number of rotatable bonds is 6. The second-order valence-electron chi connectivity index (χ2n) is 5.01. The largest absolute Gasteiger partial charge is 0.493 e. The van der Waals surface area contributed by atoms with Crippen LogP contribution in [0, 0.1) is 0 Å². The third-order valence-electron chi connectivity index (χ3n) is 3.38. The summed E-state index contributed by atoms with van der Waals surface area (Å²) in [5.74, 6) is 2.28. The fourth-order valence-corrected chi connectivity index (χ4v) is 2.90. The first-order chi connectivity index (χ1) is 11.6. The Morgan fingerprint density at radius 3 is 2.67 bits per heavy atom. The zero-order valence-electron chi connectivity index (χ0n) is 13.8. The van der Waals surface area contributed by atoms with E-state index >= 15 is 0 Å². The number of aryl methyl sites for hydroxylation is 1. The Labute approximate surface area is 143 Å². The van der Waals surface area contributed by atoms with Gasteiger partial charge in [0.15, 0.2) is 16.7 Å². The van der Waals surface area contributed by atoms with Crippen LogP contribution in [0.1, 0.15) is 18.1 Å². The first-order valence-electron chi connectivity index (χ1n) is 7.19. The van der Waals surface area contributed by atoms with E-state index in [9.17, 15) is 0 Å². The standard InChI is InChI=1S/C15H17N5O3S/c1-9(24-15-18-16-8-20(15)2)14-17-13(19-23-14)10-5-6-11(21-3)12(7-10)22-4/h5-9H,1-4H3/t9-/m1/s1. The number of ether oxygens (including phenoxy) is 2. The number of hydrogen-bond donors (Lipinski definition) is 0. The van der Waals surface area contributed by atoms with Crippen molar-refractivity contribution in [1.29, 1.82) is 0 Å². The number of nitrogens with zero attached hydrogens (tertiary/aromatic N) is 5. The smallest absolute Gasteiger partial charge is 0.240 e. The molecule has 0 N–H and O–H groups in total. The molecule has 3 aromatic rings. The Morgan fingerprint density at radius 2 is 2.00 bits per heavy atom. The maximum absolute atomic E-state index is 5.39. The Hall–Kier alpha value is -2.55. The van der Waals surface area contributed by atoms with Crippen molar-refractivity contribution < 1.29 is 14.0 Å². The van der Waals surface area contributed by atoms with Gasteiger partial charge in [-0.1, -0.05) is 16.9 Å². The first-order valence-corrected chi connectivity index (χ1v) is 8.07. The summed E-state index contributed by atoms with van der Waals surface area (Å²) >= 11 is 1.50. The molecule has 0 amide bonds. The lowest BCUT2D eigenvalue weighted by Crippen LogP contribution is -1.94. The minimum atomic E-state index is -0.0470.